The molecule has 0 aliphatic carbocycles. The number of H-pyrrole nitrogens is 1. The lowest BCUT2D eigenvalue weighted by molar-refractivity contribution is 0.0786. The van der Waals surface area contributed by atoms with Gasteiger partial charge in [-0.3, -0.25) is 9.89 Å². The van der Waals surface area contributed by atoms with Gasteiger partial charge in [0.05, 0.1) is 38.7 Å². The average Bonchev–Trinajstić information content (AvgIpc) is 3.33. The molecular formula is C19H23N3O4. The van der Waals surface area contributed by atoms with Crippen molar-refractivity contribution in [3.8, 4) is 11.5 Å². The van der Waals surface area contributed by atoms with Crippen molar-refractivity contribution in [1.82, 2.24) is 15.1 Å². The average molecular weight is 357 g/mol. The molecule has 1 amide bonds. The summed E-state index contributed by atoms with van der Waals surface area (Å²) in [6, 6.07) is 5.38. The SMILES string of the molecule is COc1cccc(C(=O)N2CCC(c3n[nH]c4c3COCC4)C2)c1OC. The quantitative estimate of drug-likeness (QED) is 0.907. The third-order valence-corrected chi connectivity index (χ3v) is 5.22. The number of benzene rings is 1. The lowest BCUT2D eigenvalue weighted by atomic mass is 9.98. The van der Waals surface area contributed by atoms with Crippen molar-refractivity contribution in [3.05, 3.63) is 40.7 Å². The van der Waals surface area contributed by atoms with E-state index >= 15 is 0 Å². The second-order valence-electron chi connectivity index (χ2n) is 6.65. The van der Waals surface area contributed by atoms with Crippen LogP contribution < -0.4 is 9.47 Å². The molecule has 7 nitrogen and oxygen atoms in total. The maximum absolute atomic E-state index is 13.0. The van der Waals surface area contributed by atoms with Gasteiger partial charge in [-0.05, 0) is 18.6 Å². The number of nitrogens with zero attached hydrogens (tertiary/aromatic N) is 2. The molecule has 26 heavy (non-hydrogen) atoms. The van der Waals surface area contributed by atoms with Gasteiger partial charge in [0.15, 0.2) is 11.5 Å². The van der Waals surface area contributed by atoms with E-state index < -0.39 is 0 Å². The molecule has 3 heterocycles. The molecule has 138 valence electrons. The van der Waals surface area contributed by atoms with Crippen molar-refractivity contribution < 1.29 is 19.0 Å². The van der Waals surface area contributed by atoms with Crippen molar-refractivity contribution in [2.24, 2.45) is 0 Å². The Hall–Kier alpha value is -2.54. The minimum absolute atomic E-state index is 0.0381. The number of likely N-dealkylation sites (tertiary alicyclic amines) is 1. The Balaban J connectivity index is 1.54. The van der Waals surface area contributed by atoms with Crippen LogP contribution in [0.3, 0.4) is 0 Å². The fraction of sp³-hybridized carbons (Fsp3) is 0.474. The zero-order valence-corrected chi connectivity index (χ0v) is 15.1. The lowest BCUT2D eigenvalue weighted by Gasteiger charge is -2.19. The Morgan fingerprint density at radius 3 is 3.04 bits per heavy atom. The zero-order valence-electron chi connectivity index (χ0n) is 15.1. The second kappa shape index (κ2) is 6.99. The molecule has 0 saturated carbocycles. The van der Waals surface area contributed by atoms with Gasteiger partial charge in [0.25, 0.3) is 5.91 Å². The highest BCUT2D eigenvalue weighted by Crippen LogP contribution is 2.35. The molecule has 2 aliphatic heterocycles. The first kappa shape index (κ1) is 16.9. The number of fused-ring (bicyclic) bond motifs is 1. The molecule has 1 N–H and O–H groups in total. The van der Waals surface area contributed by atoms with E-state index in [1.165, 1.54) is 11.3 Å². The molecule has 2 aliphatic rings. The maximum Gasteiger partial charge on any atom is 0.257 e. The highest BCUT2D eigenvalue weighted by Gasteiger charge is 2.33. The molecule has 0 bridgehead atoms. The summed E-state index contributed by atoms with van der Waals surface area (Å²) in [7, 11) is 3.12. The smallest absolute Gasteiger partial charge is 0.257 e. The first-order valence-electron chi connectivity index (χ1n) is 8.87. The highest BCUT2D eigenvalue weighted by atomic mass is 16.5. The normalized spacial score (nSPS) is 19.3. The van der Waals surface area contributed by atoms with Gasteiger partial charge in [0.1, 0.15) is 0 Å². The minimum Gasteiger partial charge on any atom is -0.493 e. The van der Waals surface area contributed by atoms with Crippen molar-refractivity contribution in [2.45, 2.75) is 25.4 Å². The molecule has 1 aromatic carbocycles. The highest BCUT2D eigenvalue weighted by molar-refractivity contribution is 5.98. The summed E-state index contributed by atoms with van der Waals surface area (Å²) >= 11 is 0. The number of aromatic amines is 1. The van der Waals surface area contributed by atoms with Crippen molar-refractivity contribution in [1.29, 1.82) is 0 Å². The predicted molar refractivity (Wildman–Crippen MR) is 94.8 cm³/mol. The summed E-state index contributed by atoms with van der Waals surface area (Å²) in [5, 5.41) is 7.66. The minimum atomic E-state index is -0.0381. The van der Waals surface area contributed by atoms with Gasteiger partial charge in [-0.1, -0.05) is 6.07 Å². The van der Waals surface area contributed by atoms with E-state index in [0.717, 1.165) is 25.1 Å². The molecule has 1 atom stereocenters. The third-order valence-electron chi connectivity index (χ3n) is 5.22. The summed E-state index contributed by atoms with van der Waals surface area (Å²) in [6.45, 7) is 2.69. The number of amides is 1. The summed E-state index contributed by atoms with van der Waals surface area (Å²) in [5.41, 5.74) is 3.92. The van der Waals surface area contributed by atoms with Gasteiger partial charge in [-0.25, -0.2) is 0 Å². The summed E-state index contributed by atoms with van der Waals surface area (Å²) < 4.78 is 16.3. The van der Waals surface area contributed by atoms with E-state index in [2.05, 4.69) is 10.2 Å². The number of carbonyl (C=O) groups is 1. The molecule has 1 unspecified atom stereocenters. The Morgan fingerprint density at radius 2 is 2.23 bits per heavy atom. The van der Waals surface area contributed by atoms with Crippen LogP contribution >= 0.6 is 0 Å². The van der Waals surface area contributed by atoms with Crippen molar-refractivity contribution >= 4 is 5.91 Å². The van der Waals surface area contributed by atoms with E-state index in [4.69, 9.17) is 14.2 Å². The first-order valence-corrected chi connectivity index (χ1v) is 8.87. The molecule has 7 heteroatoms. The largest absolute Gasteiger partial charge is 0.493 e. The van der Waals surface area contributed by atoms with Crippen LogP contribution in [0.5, 0.6) is 11.5 Å². The molecule has 2 aromatic rings. The number of nitrogens with one attached hydrogen (secondary N) is 1. The third kappa shape index (κ3) is 2.82. The fourth-order valence-corrected chi connectivity index (χ4v) is 3.87. The lowest BCUT2D eigenvalue weighted by Crippen LogP contribution is -2.29. The van der Waals surface area contributed by atoms with E-state index in [-0.39, 0.29) is 11.8 Å². The number of aromatic nitrogens is 2. The van der Waals surface area contributed by atoms with Crippen molar-refractivity contribution in [3.63, 3.8) is 0 Å². The monoisotopic (exact) mass is 357 g/mol. The zero-order chi connectivity index (χ0) is 18.1. The van der Waals surface area contributed by atoms with Gasteiger partial charge in [0, 0.05) is 36.7 Å². The number of rotatable bonds is 4. The molecule has 1 saturated heterocycles. The topological polar surface area (TPSA) is 76.7 Å². The Kier molecular flexibility index (Phi) is 4.55. The number of methoxy groups -OCH3 is 2. The van der Waals surface area contributed by atoms with Gasteiger partial charge in [0.2, 0.25) is 0 Å². The molecule has 0 radical (unpaired) electrons. The van der Waals surface area contributed by atoms with Crippen LogP contribution in [0.25, 0.3) is 0 Å². The first-order chi connectivity index (χ1) is 12.7. The second-order valence-corrected chi connectivity index (χ2v) is 6.65. The van der Waals surface area contributed by atoms with Gasteiger partial charge in [-0.2, -0.15) is 5.10 Å². The fourth-order valence-electron chi connectivity index (χ4n) is 3.87. The molecule has 1 aromatic heterocycles. The molecular weight excluding hydrogens is 334 g/mol. The Labute approximate surface area is 152 Å². The van der Waals surface area contributed by atoms with E-state index in [0.29, 0.717) is 36.8 Å². The molecule has 1 fully saturated rings. The van der Waals surface area contributed by atoms with Gasteiger partial charge in [-0.15, -0.1) is 0 Å². The van der Waals surface area contributed by atoms with Crippen LogP contribution in [-0.4, -0.2) is 54.9 Å². The summed E-state index contributed by atoms with van der Waals surface area (Å²) in [5.74, 6) is 1.24. The Morgan fingerprint density at radius 1 is 1.35 bits per heavy atom. The predicted octanol–water partition coefficient (Wildman–Crippen LogP) is 2.13. The molecule has 4 rings (SSSR count). The number of hydrogen-bond donors (Lipinski definition) is 1. The Bertz CT molecular complexity index is 817. The van der Waals surface area contributed by atoms with Crippen LogP contribution in [0.15, 0.2) is 18.2 Å². The number of carbonyl (C=O) groups excluding carboxylic acids is 1. The number of hydrogen-bond acceptors (Lipinski definition) is 5. The van der Waals surface area contributed by atoms with Crippen molar-refractivity contribution in [2.75, 3.05) is 33.9 Å². The standard InChI is InChI=1S/C19H23N3O4/c1-24-16-5-3-4-13(18(16)25-2)19(23)22-8-6-12(10-22)17-14-11-26-9-7-15(14)20-21-17/h3-5,12H,6-11H2,1-2H3,(H,20,21). The number of para-hydroxylation sites is 1. The van der Waals surface area contributed by atoms with Crippen LogP contribution in [0, 0.1) is 0 Å². The maximum atomic E-state index is 13.0. The van der Waals surface area contributed by atoms with Crippen LogP contribution in [0.4, 0.5) is 0 Å². The van der Waals surface area contributed by atoms with Crippen LogP contribution in [0.2, 0.25) is 0 Å². The van der Waals surface area contributed by atoms with E-state index in [9.17, 15) is 4.79 Å². The van der Waals surface area contributed by atoms with E-state index in [1.807, 2.05) is 11.0 Å². The van der Waals surface area contributed by atoms with Crippen LogP contribution in [0.1, 0.15) is 39.6 Å². The summed E-state index contributed by atoms with van der Waals surface area (Å²) in [6.07, 6.45) is 1.77. The summed E-state index contributed by atoms with van der Waals surface area (Å²) in [4.78, 5) is 14.9. The van der Waals surface area contributed by atoms with Crippen LogP contribution in [-0.2, 0) is 17.8 Å². The molecule has 0 spiro atoms. The number of ether oxygens (including phenoxy) is 3. The van der Waals surface area contributed by atoms with Gasteiger partial charge < -0.3 is 19.1 Å². The van der Waals surface area contributed by atoms with E-state index in [1.54, 1.807) is 26.4 Å². The van der Waals surface area contributed by atoms with Gasteiger partial charge >= 0.3 is 0 Å².